The Bertz CT molecular complexity index is 324. The molecule has 102 valence electrons. The summed E-state index contributed by atoms with van der Waals surface area (Å²) in [6, 6.07) is 0. The topological polar surface area (TPSA) is 46.2 Å². The normalized spacial score (nSPS) is 30.6. The minimum absolute atomic E-state index is 0.155. The Hall–Kier alpha value is -0.600. The van der Waals surface area contributed by atoms with Gasteiger partial charge in [-0.3, -0.25) is 0 Å². The molecule has 0 radical (unpaired) electrons. The highest BCUT2D eigenvalue weighted by Gasteiger charge is 2.25. The highest BCUT2D eigenvalue weighted by molar-refractivity contribution is 5.29. The fourth-order valence-electron chi connectivity index (χ4n) is 3.22. The molecule has 0 aromatic heterocycles. The van der Waals surface area contributed by atoms with Gasteiger partial charge in [-0.15, -0.1) is 0 Å². The molecule has 0 aromatic carbocycles. The van der Waals surface area contributed by atoms with Crippen LogP contribution in [0.2, 0.25) is 0 Å². The molecule has 0 heterocycles. The molecule has 2 aliphatic rings. The van der Waals surface area contributed by atoms with Gasteiger partial charge in [0.25, 0.3) is 0 Å². The van der Waals surface area contributed by atoms with Crippen molar-refractivity contribution in [2.45, 2.75) is 58.0 Å². The van der Waals surface area contributed by atoms with Gasteiger partial charge in [0.1, 0.15) is 0 Å². The number of hydrogen-bond donors (Lipinski definition) is 2. The largest absolute Gasteiger partial charge is 0.392 e. The second kappa shape index (κ2) is 6.53. The lowest BCUT2D eigenvalue weighted by Crippen LogP contribution is -2.25. The van der Waals surface area contributed by atoms with Gasteiger partial charge >= 0.3 is 0 Å². The van der Waals surface area contributed by atoms with Crippen molar-refractivity contribution in [1.82, 2.24) is 0 Å². The van der Waals surface area contributed by atoms with E-state index in [0.29, 0.717) is 12.5 Å². The van der Waals surface area contributed by atoms with E-state index in [-0.39, 0.29) is 6.10 Å². The number of aliphatic hydroxyl groups excluding tert-OH is 1. The first-order valence-corrected chi connectivity index (χ1v) is 7.45. The first-order valence-electron chi connectivity index (χ1n) is 7.45. The quantitative estimate of drug-likeness (QED) is 0.804. The van der Waals surface area contributed by atoms with Gasteiger partial charge in [-0.1, -0.05) is 37.5 Å². The van der Waals surface area contributed by atoms with Crippen molar-refractivity contribution in [3.8, 4) is 0 Å². The smallest absolute Gasteiger partial charge is 0.0608 e. The van der Waals surface area contributed by atoms with Gasteiger partial charge in [0.15, 0.2) is 0 Å². The van der Waals surface area contributed by atoms with Crippen LogP contribution < -0.4 is 5.73 Å². The fourth-order valence-corrected chi connectivity index (χ4v) is 3.22. The Kier molecular flexibility index (Phi) is 5.02. The van der Waals surface area contributed by atoms with E-state index in [1.54, 1.807) is 0 Å². The van der Waals surface area contributed by atoms with Crippen LogP contribution in [-0.2, 0) is 0 Å². The maximum absolute atomic E-state index is 10.4. The maximum atomic E-state index is 10.4. The monoisotopic (exact) mass is 249 g/mol. The van der Waals surface area contributed by atoms with Crippen LogP contribution in [0.25, 0.3) is 0 Å². The Morgan fingerprint density at radius 3 is 2.72 bits per heavy atom. The molecule has 1 unspecified atom stereocenters. The number of aliphatic hydroxyl groups is 1. The summed E-state index contributed by atoms with van der Waals surface area (Å²) in [7, 11) is 0. The van der Waals surface area contributed by atoms with Crippen LogP contribution in [0.3, 0.4) is 0 Å². The molecule has 2 nitrogen and oxygen atoms in total. The standard InChI is InChI=1S/C16H27NO/c1-12-5-7-15(8-6-12)16(18)10-13-3-2-4-14(9-13)11-17/h3,9,12,15-16,18H,2,4-8,10-11,17H2,1H3. The van der Waals surface area contributed by atoms with Crippen molar-refractivity contribution in [3.05, 3.63) is 23.3 Å². The summed E-state index contributed by atoms with van der Waals surface area (Å²) in [5.74, 6) is 1.37. The summed E-state index contributed by atoms with van der Waals surface area (Å²) >= 11 is 0. The predicted octanol–water partition coefficient (Wildman–Crippen LogP) is 3.17. The second-order valence-electron chi connectivity index (χ2n) is 6.12. The molecule has 0 saturated heterocycles. The molecular weight excluding hydrogens is 222 g/mol. The summed E-state index contributed by atoms with van der Waals surface area (Å²) in [6.07, 6.45) is 12.3. The third-order valence-electron chi connectivity index (χ3n) is 4.57. The van der Waals surface area contributed by atoms with E-state index in [1.165, 1.54) is 36.8 Å². The van der Waals surface area contributed by atoms with Gasteiger partial charge < -0.3 is 10.8 Å². The van der Waals surface area contributed by atoms with Crippen molar-refractivity contribution < 1.29 is 5.11 Å². The third kappa shape index (κ3) is 3.69. The average molecular weight is 249 g/mol. The number of rotatable bonds is 4. The molecule has 2 rings (SSSR count). The van der Waals surface area contributed by atoms with E-state index >= 15 is 0 Å². The van der Waals surface area contributed by atoms with E-state index in [4.69, 9.17) is 5.73 Å². The predicted molar refractivity (Wildman–Crippen MR) is 76.2 cm³/mol. The van der Waals surface area contributed by atoms with Gasteiger partial charge in [0.2, 0.25) is 0 Å². The van der Waals surface area contributed by atoms with Gasteiger partial charge in [-0.2, -0.15) is 0 Å². The van der Waals surface area contributed by atoms with Crippen molar-refractivity contribution >= 4 is 0 Å². The molecule has 2 aliphatic carbocycles. The Morgan fingerprint density at radius 1 is 1.33 bits per heavy atom. The van der Waals surface area contributed by atoms with E-state index in [2.05, 4.69) is 19.1 Å². The first kappa shape index (κ1) is 13.8. The summed E-state index contributed by atoms with van der Waals surface area (Å²) in [5.41, 5.74) is 8.33. The lowest BCUT2D eigenvalue weighted by Gasteiger charge is -2.30. The Labute approximate surface area is 111 Å². The average Bonchev–Trinajstić information content (AvgIpc) is 2.39. The van der Waals surface area contributed by atoms with E-state index in [9.17, 15) is 5.11 Å². The summed E-state index contributed by atoms with van der Waals surface area (Å²) in [5, 5.41) is 10.4. The minimum Gasteiger partial charge on any atom is -0.392 e. The molecule has 1 atom stereocenters. The van der Waals surface area contributed by atoms with Gasteiger partial charge in [0, 0.05) is 6.54 Å². The molecule has 0 bridgehead atoms. The van der Waals surface area contributed by atoms with Crippen LogP contribution in [0.5, 0.6) is 0 Å². The Morgan fingerprint density at radius 2 is 2.06 bits per heavy atom. The maximum Gasteiger partial charge on any atom is 0.0608 e. The van der Waals surface area contributed by atoms with E-state index in [1.807, 2.05) is 0 Å². The van der Waals surface area contributed by atoms with Crippen molar-refractivity contribution in [2.75, 3.05) is 6.54 Å². The van der Waals surface area contributed by atoms with Crippen molar-refractivity contribution in [2.24, 2.45) is 17.6 Å². The van der Waals surface area contributed by atoms with Gasteiger partial charge in [-0.25, -0.2) is 0 Å². The molecule has 1 fully saturated rings. The van der Waals surface area contributed by atoms with Gasteiger partial charge in [-0.05, 0) is 49.5 Å². The molecule has 1 saturated carbocycles. The summed E-state index contributed by atoms with van der Waals surface area (Å²) < 4.78 is 0. The zero-order chi connectivity index (χ0) is 13.0. The third-order valence-corrected chi connectivity index (χ3v) is 4.57. The van der Waals surface area contributed by atoms with Crippen LogP contribution in [0.1, 0.15) is 51.9 Å². The number of allylic oxidation sites excluding steroid dienone is 2. The van der Waals surface area contributed by atoms with Crippen LogP contribution in [0.15, 0.2) is 23.3 Å². The Balaban J connectivity index is 1.85. The van der Waals surface area contributed by atoms with Crippen molar-refractivity contribution in [3.63, 3.8) is 0 Å². The van der Waals surface area contributed by atoms with Gasteiger partial charge in [0.05, 0.1) is 6.10 Å². The zero-order valence-corrected chi connectivity index (χ0v) is 11.6. The highest BCUT2D eigenvalue weighted by atomic mass is 16.3. The van der Waals surface area contributed by atoms with Crippen LogP contribution in [0.4, 0.5) is 0 Å². The second-order valence-corrected chi connectivity index (χ2v) is 6.12. The molecule has 18 heavy (non-hydrogen) atoms. The zero-order valence-electron chi connectivity index (χ0n) is 11.6. The molecule has 0 aromatic rings. The van der Waals surface area contributed by atoms with Crippen LogP contribution in [0, 0.1) is 11.8 Å². The summed E-state index contributed by atoms with van der Waals surface area (Å²) in [6.45, 7) is 2.98. The molecule has 0 amide bonds. The van der Waals surface area contributed by atoms with Crippen LogP contribution in [-0.4, -0.2) is 17.8 Å². The van der Waals surface area contributed by atoms with E-state index in [0.717, 1.165) is 25.2 Å². The molecule has 2 heteroatoms. The highest BCUT2D eigenvalue weighted by Crippen LogP contribution is 2.33. The minimum atomic E-state index is -0.155. The van der Waals surface area contributed by atoms with E-state index < -0.39 is 0 Å². The molecule has 0 spiro atoms. The number of hydrogen-bond acceptors (Lipinski definition) is 2. The first-order chi connectivity index (χ1) is 8.69. The lowest BCUT2D eigenvalue weighted by atomic mass is 9.78. The van der Waals surface area contributed by atoms with Crippen LogP contribution >= 0.6 is 0 Å². The summed E-state index contributed by atoms with van der Waals surface area (Å²) in [4.78, 5) is 0. The fraction of sp³-hybridized carbons (Fsp3) is 0.750. The lowest BCUT2D eigenvalue weighted by molar-refractivity contribution is 0.0766. The molecule has 3 N–H and O–H groups in total. The SMILES string of the molecule is CC1CCC(C(O)CC2=CCCC(CN)=C2)CC1. The van der Waals surface area contributed by atoms with Crippen molar-refractivity contribution in [1.29, 1.82) is 0 Å². The molecular formula is C16H27NO. The molecule has 0 aliphatic heterocycles. The number of nitrogens with two attached hydrogens (primary N) is 1.